The van der Waals surface area contributed by atoms with Crippen LogP contribution in [-0.2, 0) is 0 Å². The van der Waals surface area contributed by atoms with E-state index in [9.17, 15) is 0 Å². The molecule has 0 saturated carbocycles. The van der Waals surface area contributed by atoms with E-state index in [0.29, 0.717) is 0 Å². The molecule has 0 aliphatic rings. The van der Waals surface area contributed by atoms with Crippen molar-refractivity contribution in [1.82, 2.24) is 0 Å². The molecule has 0 fully saturated rings. The van der Waals surface area contributed by atoms with Gasteiger partial charge in [0, 0.05) is 0 Å². The van der Waals surface area contributed by atoms with Gasteiger partial charge in [-0.05, 0) is 0 Å². The molecule has 0 unspecified atom stereocenters. The van der Waals surface area contributed by atoms with Crippen LogP contribution in [0.2, 0.25) is 0 Å². The van der Waals surface area contributed by atoms with Gasteiger partial charge >= 0.3 is 70.0 Å². The molecule has 0 aliphatic heterocycles. The third-order valence-electron chi connectivity index (χ3n) is 1.33. The summed E-state index contributed by atoms with van der Waals surface area (Å²) in [5, 5.41) is 0. The Hall–Kier alpha value is 1.30. The topological polar surface area (TPSA) is 0 Å². The molecule has 0 atom stereocenters. The van der Waals surface area contributed by atoms with Gasteiger partial charge in [0.15, 0.2) is 0 Å². The van der Waals surface area contributed by atoms with Gasteiger partial charge in [-0.25, -0.2) is 0 Å². The summed E-state index contributed by atoms with van der Waals surface area (Å²) in [5.74, 6) is 1.27. The second kappa shape index (κ2) is 5.02. The van der Waals surface area contributed by atoms with E-state index in [1.807, 2.05) is 0 Å². The molecule has 0 radical (unpaired) electrons. The van der Waals surface area contributed by atoms with Crippen LogP contribution in [0.15, 0.2) is 0 Å². The fourth-order valence-corrected chi connectivity index (χ4v) is 6.42. The van der Waals surface area contributed by atoms with Crippen molar-refractivity contribution in [3.63, 3.8) is 0 Å². The second-order valence-electron chi connectivity index (χ2n) is 1.86. The van der Waals surface area contributed by atoms with Gasteiger partial charge in [-0.3, -0.25) is 0 Å². The molecule has 0 aliphatic carbocycles. The number of hydrogen-bond acceptors (Lipinski definition) is 1. The monoisotopic (exact) mass is 230 g/mol. The van der Waals surface area contributed by atoms with Gasteiger partial charge in [-0.15, -0.1) is 0 Å². The molecule has 0 rings (SSSR count). The van der Waals surface area contributed by atoms with E-state index in [1.165, 1.54) is 18.1 Å². The third kappa shape index (κ3) is 3.88. The summed E-state index contributed by atoms with van der Waals surface area (Å²) in [4.78, 5) is 0. The van der Waals surface area contributed by atoms with E-state index >= 15 is 0 Å². The zero-order valence-corrected chi connectivity index (χ0v) is 9.81. The predicted molar refractivity (Wildman–Crippen MR) is 51.9 cm³/mol. The van der Waals surface area contributed by atoms with Gasteiger partial charge in [0.1, 0.15) is 0 Å². The standard InChI is InChI=1S/C6H15PSSe/c1-4-7(9,5-2)8-6-3/h4-6H2,1-3H3. The van der Waals surface area contributed by atoms with Crippen LogP contribution in [0.1, 0.15) is 20.8 Å². The molecule has 0 amide bonds. The Balaban J connectivity index is 3.78. The fraction of sp³-hybridized carbons (Fsp3) is 1.00. The first-order chi connectivity index (χ1) is 4.18. The molecule has 0 aromatic carbocycles. The van der Waals surface area contributed by atoms with Crippen molar-refractivity contribution in [2.75, 3.05) is 18.1 Å². The van der Waals surface area contributed by atoms with Crippen molar-refractivity contribution < 1.29 is 0 Å². The third-order valence-corrected chi connectivity index (χ3v) is 13.0. The van der Waals surface area contributed by atoms with E-state index in [1.54, 1.807) is 0 Å². The Morgan fingerprint density at radius 3 is 1.78 bits per heavy atom. The molecule has 3 heteroatoms. The van der Waals surface area contributed by atoms with E-state index in [4.69, 9.17) is 0 Å². The Morgan fingerprint density at radius 1 is 1.22 bits per heavy atom. The summed E-state index contributed by atoms with van der Waals surface area (Å²) in [6.45, 7) is 6.81. The normalized spacial score (nSPS) is 11.9. The molecule has 0 aromatic rings. The van der Waals surface area contributed by atoms with Crippen molar-refractivity contribution >= 4 is 31.2 Å². The van der Waals surface area contributed by atoms with Crippen LogP contribution in [0.3, 0.4) is 0 Å². The maximum absolute atomic E-state index is 3.36. The average molecular weight is 229 g/mol. The number of hydrogen-bond donors (Lipinski definition) is 0. The van der Waals surface area contributed by atoms with Crippen LogP contribution < -0.4 is 0 Å². The Kier molecular flexibility index (Phi) is 5.74. The van der Waals surface area contributed by atoms with Gasteiger partial charge in [0.05, 0.1) is 0 Å². The van der Waals surface area contributed by atoms with Crippen molar-refractivity contribution in [3.05, 3.63) is 0 Å². The molecule has 0 nitrogen and oxygen atoms in total. The quantitative estimate of drug-likeness (QED) is 0.527. The Bertz CT molecular complexity index is 106. The van der Waals surface area contributed by atoms with Crippen LogP contribution in [0.25, 0.3) is 0 Å². The van der Waals surface area contributed by atoms with E-state index in [2.05, 4.69) is 47.3 Å². The molecule has 0 saturated heterocycles. The second-order valence-corrected chi connectivity index (χ2v) is 14.4. The van der Waals surface area contributed by atoms with Gasteiger partial charge in [0.25, 0.3) is 0 Å². The first-order valence-corrected chi connectivity index (χ1v) is 9.37. The molecular weight excluding hydrogens is 214 g/mol. The van der Waals surface area contributed by atoms with Gasteiger partial charge in [-0.2, -0.15) is 0 Å². The van der Waals surface area contributed by atoms with Crippen LogP contribution in [0.4, 0.5) is 0 Å². The Morgan fingerprint density at radius 2 is 1.67 bits per heavy atom. The summed E-state index contributed by atoms with van der Waals surface area (Å²) in [7, 11) is 0. The minimum atomic E-state index is -0.639. The van der Waals surface area contributed by atoms with Crippen molar-refractivity contribution in [3.8, 4) is 0 Å². The molecular formula is C6H15PSSe. The van der Waals surface area contributed by atoms with Crippen LogP contribution in [0.5, 0.6) is 0 Å². The van der Waals surface area contributed by atoms with Crippen molar-refractivity contribution in [2.24, 2.45) is 0 Å². The van der Waals surface area contributed by atoms with E-state index in [0.717, 1.165) is 0 Å². The van der Waals surface area contributed by atoms with Gasteiger partial charge < -0.3 is 0 Å². The zero-order valence-electron chi connectivity index (χ0n) is 6.39. The predicted octanol–water partition coefficient (Wildman–Crippen LogP) is 2.80. The van der Waals surface area contributed by atoms with Gasteiger partial charge in [0.2, 0.25) is 0 Å². The molecule has 56 valence electrons. The molecule has 0 bridgehead atoms. The summed E-state index contributed by atoms with van der Waals surface area (Å²) in [5.41, 5.74) is 0. The van der Waals surface area contributed by atoms with Crippen LogP contribution in [0, 0.1) is 0 Å². The summed E-state index contributed by atoms with van der Waals surface area (Å²) in [6, 6.07) is 0. The average Bonchev–Trinajstić information content (AvgIpc) is 1.89. The summed E-state index contributed by atoms with van der Waals surface area (Å²) < 4.78 is -0.639. The molecule has 0 heterocycles. The van der Waals surface area contributed by atoms with Crippen molar-refractivity contribution in [1.29, 1.82) is 0 Å². The Labute approximate surface area is 70.1 Å². The molecule has 0 spiro atoms. The summed E-state index contributed by atoms with van der Waals surface area (Å²) >= 11 is 5.50. The first-order valence-electron chi connectivity index (χ1n) is 3.41. The van der Waals surface area contributed by atoms with Crippen LogP contribution in [-0.4, -0.2) is 33.2 Å². The minimum absolute atomic E-state index is 0.639. The van der Waals surface area contributed by atoms with E-state index in [-0.39, 0.29) is 0 Å². The maximum atomic E-state index is 3.36. The van der Waals surface area contributed by atoms with E-state index < -0.39 is 4.71 Å². The fourth-order valence-electron chi connectivity index (χ4n) is 0.641. The van der Waals surface area contributed by atoms with Crippen LogP contribution >= 0.6 is 16.1 Å². The molecule has 0 aromatic heterocycles. The molecule has 0 N–H and O–H groups in total. The molecule has 9 heavy (non-hydrogen) atoms. The zero-order chi connectivity index (χ0) is 7.33. The van der Waals surface area contributed by atoms with Crippen molar-refractivity contribution in [2.45, 2.75) is 20.8 Å². The van der Waals surface area contributed by atoms with Gasteiger partial charge in [-0.1, -0.05) is 0 Å². The SMILES string of the molecule is CCSP(=[Se])(CC)CC. The summed E-state index contributed by atoms with van der Waals surface area (Å²) in [6.07, 6.45) is 2.70. The first kappa shape index (κ1) is 10.3. The number of rotatable bonds is 4.